The number of rotatable bonds is 12. The highest BCUT2D eigenvalue weighted by Crippen LogP contribution is 2.27. The van der Waals surface area contributed by atoms with Gasteiger partial charge in [0, 0.05) is 19.5 Å². The fourth-order valence-electron chi connectivity index (χ4n) is 4.08. The molecule has 3 aromatic carbocycles. The van der Waals surface area contributed by atoms with Crippen molar-refractivity contribution in [2.24, 2.45) is 0 Å². The molecule has 0 bridgehead atoms. The zero-order chi connectivity index (χ0) is 25.3. The summed E-state index contributed by atoms with van der Waals surface area (Å²) in [7, 11) is 3.17. The Morgan fingerprint density at radius 1 is 0.972 bits per heavy atom. The maximum Gasteiger partial charge on any atom is 0.224 e. The smallest absolute Gasteiger partial charge is 0.224 e. The molecule has 8 heteroatoms. The van der Waals surface area contributed by atoms with E-state index in [0.717, 1.165) is 35.4 Å². The largest absolute Gasteiger partial charge is 0.493 e. The van der Waals surface area contributed by atoms with E-state index in [0.29, 0.717) is 41.8 Å². The summed E-state index contributed by atoms with van der Waals surface area (Å²) in [5, 5.41) is 3.62. The molecule has 188 valence electrons. The third-order valence-corrected chi connectivity index (χ3v) is 6.15. The van der Waals surface area contributed by atoms with Crippen molar-refractivity contribution in [1.82, 2.24) is 14.9 Å². The summed E-state index contributed by atoms with van der Waals surface area (Å²) in [6.07, 6.45) is 1.68. The number of amides is 1. The van der Waals surface area contributed by atoms with Crippen LogP contribution in [0.25, 0.3) is 11.0 Å². The van der Waals surface area contributed by atoms with Crippen LogP contribution in [0.4, 0.5) is 0 Å². The van der Waals surface area contributed by atoms with Gasteiger partial charge in [0.1, 0.15) is 11.6 Å². The minimum atomic E-state index is -0.0574. The first-order valence-corrected chi connectivity index (χ1v) is 12.3. The van der Waals surface area contributed by atoms with Gasteiger partial charge >= 0.3 is 0 Å². The monoisotopic (exact) mass is 507 g/mol. The number of hydrogen-bond acceptors (Lipinski definition) is 5. The second-order valence-corrected chi connectivity index (χ2v) is 8.67. The summed E-state index contributed by atoms with van der Waals surface area (Å²) >= 11 is 6.18. The molecule has 7 nitrogen and oxygen atoms in total. The molecule has 1 heterocycles. The topological polar surface area (TPSA) is 74.6 Å². The Hall–Kier alpha value is -3.71. The van der Waals surface area contributed by atoms with Gasteiger partial charge in [0.25, 0.3) is 0 Å². The molecule has 0 aliphatic heterocycles. The molecule has 0 unspecified atom stereocenters. The molecular weight excluding hydrogens is 478 g/mol. The molecule has 0 saturated carbocycles. The first kappa shape index (κ1) is 25.4. The first-order chi connectivity index (χ1) is 17.6. The van der Waals surface area contributed by atoms with Gasteiger partial charge in [-0.15, -0.1) is 0 Å². The van der Waals surface area contributed by atoms with E-state index in [2.05, 4.69) is 16.0 Å². The predicted octanol–water partition coefficient (Wildman–Crippen LogP) is 5.08. The molecule has 0 aliphatic carbocycles. The van der Waals surface area contributed by atoms with Gasteiger partial charge in [-0.05, 0) is 48.4 Å². The van der Waals surface area contributed by atoms with Crippen LogP contribution in [0.2, 0.25) is 5.02 Å². The van der Waals surface area contributed by atoms with E-state index in [1.54, 1.807) is 20.3 Å². The van der Waals surface area contributed by atoms with Crippen LogP contribution in [-0.4, -0.2) is 42.8 Å². The Morgan fingerprint density at radius 2 is 1.75 bits per heavy atom. The normalized spacial score (nSPS) is 10.9. The number of carbonyl (C=O) groups is 1. The number of benzene rings is 3. The lowest BCUT2D eigenvalue weighted by molar-refractivity contribution is -0.120. The number of methoxy groups -OCH3 is 2. The highest BCUT2D eigenvalue weighted by Gasteiger charge is 2.12. The van der Waals surface area contributed by atoms with Crippen molar-refractivity contribution in [2.45, 2.75) is 25.8 Å². The van der Waals surface area contributed by atoms with E-state index in [9.17, 15) is 4.79 Å². The molecule has 0 fully saturated rings. The predicted molar refractivity (Wildman–Crippen MR) is 141 cm³/mol. The number of imidazole rings is 1. The quantitative estimate of drug-likeness (QED) is 0.271. The molecule has 0 aliphatic rings. The van der Waals surface area contributed by atoms with Crippen LogP contribution in [0.5, 0.6) is 17.2 Å². The van der Waals surface area contributed by atoms with Crippen molar-refractivity contribution >= 4 is 28.5 Å². The third kappa shape index (κ3) is 6.29. The number of nitrogens with zero attached hydrogens (tertiary/aromatic N) is 2. The van der Waals surface area contributed by atoms with Gasteiger partial charge < -0.3 is 24.1 Å². The minimum Gasteiger partial charge on any atom is -0.493 e. The van der Waals surface area contributed by atoms with Gasteiger partial charge in [0.2, 0.25) is 5.91 Å². The second kappa shape index (κ2) is 12.3. The van der Waals surface area contributed by atoms with E-state index in [1.165, 1.54) is 0 Å². The molecule has 1 N–H and O–H groups in total. The number of hydrogen-bond donors (Lipinski definition) is 1. The minimum absolute atomic E-state index is 0.0574. The molecule has 4 rings (SSSR count). The summed E-state index contributed by atoms with van der Waals surface area (Å²) in [6.45, 7) is 1.78. The summed E-state index contributed by atoms with van der Waals surface area (Å²) in [5.41, 5.74) is 2.87. The molecule has 0 spiro atoms. The molecule has 1 amide bonds. The van der Waals surface area contributed by atoms with Crippen LogP contribution in [0, 0.1) is 0 Å². The SMILES string of the molecule is COc1ccc(CC(=O)NCCc2nc3ccccc3n2CCCOc2ccccc2Cl)cc1OC. The number of aryl methyl sites for hydroxylation is 1. The molecular formula is C28H30ClN3O4. The van der Waals surface area contributed by atoms with Gasteiger partial charge in [-0.25, -0.2) is 4.98 Å². The number of ether oxygens (including phenoxy) is 3. The van der Waals surface area contributed by atoms with Crippen molar-refractivity contribution in [1.29, 1.82) is 0 Å². The standard InChI is InChI=1S/C28H30ClN3O4/c1-34-25-13-12-20(18-26(25)35-2)19-28(33)30-15-14-27-31-22-9-4-5-10-23(22)32(27)16-7-17-36-24-11-6-3-8-21(24)29/h3-6,8-13,18H,7,14-17,19H2,1-2H3,(H,30,33). The van der Waals surface area contributed by atoms with E-state index >= 15 is 0 Å². The summed E-state index contributed by atoms with van der Waals surface area (Å²) in [4.78, 5) is 17.4. The number of para-hydroxylation sites is 3. The zero-order valence-corrected chi connectivity index (χ0v) is 21.3. The average Bonchev–Trinajstić information content (AvgIpc) is 3.24. The Morgan fingerprint density at radius 3 is 2.56 bits per heavy atom. The third-order valence-electron chi connectivity index (χ3n) is 5.84. The fraction of sp³-hybridized carbons (Fsp3) is 0.286. The lowest BCUT2D eigenvalue weighted by Crippen LogP contribution is -2.28. The molecule has 0 atom stereocenters. The van der Waals surface area contributed by atoms with Gasteiger partial charge in [-0.1, -0.05) is 41.9 Å². The van der Waals surface area contributed by atoms with Gasteiger partial charge in [-0.3, -0.25) is 4.79 Å². The van der Waals surface area contributed by atoms with Crippen molar-refractivity contribution in [3.8, 4) is 17.2 Å². The number of fused-ring (bicyclic) bond motifs is 1. The molecule has 1 aromatic heterocycles. The van der Waals surface area contributed by atoms with Gasteiger partial charge in [0.15, 0.2) is 11.5 Å². The number of carbonyl (C=O) groups excluding carboxylic acids is 1. The van der Waals surface area contributed by atoms with Crippen molar-refractivity contribution in [3.05, 3.63) is 83.1 Å². The lowest BCUT2D eigenvalue weighted by atomic mass is 10.1. The van der Waals surface area contributed by atoms with Gasteiger partial charge in [-0.2, -0.15) is 0 Å². The van der Waals surface area contributed by atoms with Gasteiger partial charge in [0.05, 0.1) is 43.3 Å². The highest BCUT2D eigenvalue weighted by molar-refractivity contribution is 6.32. The van der Waals surface area contributed by atoms with Crippen LogP contribution in [0.3, 0.4) is 0 Å². The average molecular weight is 508 g/mol. The Kier molecular flexibility index (Phi) is 8.68. The highest BCUT2D eigenvalue weighted by atomic mass is 35.5. The maximum absolute atomic E-state index is 12.5. The summed E-state index contributed by atoms with van der Waals surface area (Å²) in [6, 6.07) is 21.0. The summed E-state index contributed by atoms with van der Waals surface area (Å²) < 4.78 is 18.6. The van der Waals surface area contributed by atoms with Crippen LogP contribution in [0.15, 0.2) is 66.7 Å². The summed E-state index contributed by atoms with van der Waals surface area (Å²) in [5.74, 6) is 2.80. The Labute approximate surface area is 216 Å². The van der Waals surface area contributed by atoms with Crippen LogP contribution < -0.4 is 19.5 Å². The van der Waals surface area contributed by atoms with Crippen molar-refractivity contribution in [3.63, 3.8) is 0 Å². The molecule has 0 saturated heterocycles. The van der Waals surface area contributed by atoms with Crippen LogP contribution in [-0.2, 0) is 24.2 Å². The molecule has 0 radical (unpaired) electrons. The number of nitrogens with one attached hydrogen (secondary N) is 1. The lowest BCUT2D eigenvalue weighted by Gasteiger charge is -2.12. The Balaban J connectivity index is 1.34. The van der Waals surface area contributed by atoms with Crippen molar-refractivity contribution < 1.29 is 19.0 Å². The van der Waals surface area contributed by atoms with Crippen molar-refractivity contribution in [2.75, 3.05) is 27.4 Å². The maximum atomic E-state index is 12.5. The van der Waals surface area contributed by atoms with Crippen LogP contribution >= 0.6 is 11.6 Å². The number of aromatic nitrogens is 2. The second-order valence-electron chi connectivity index (χ2n) is 8.27. The Bertz CT molecular complexity index is 1320. The first-order valence-electron chi connectivity index (χ1n) is 11.9. The van der Waals surface area contributed by atoms with E-state index in [4.69, 9.17) is 30.8 Å². The van der Waals surface area contributed by atoms with Crippen LogP contribution in [0.1, 0.15) is 17.8 Å². The molecule has 36 heavy (non-hydrogen) atoms. The van der Waals surface area contributed by atoms with E-state index < -0.39 is 0 Å². The van der Waals surface area contributed by atoms with E-state index in [1.807, 2.05) is 54.6 Å². The molecule has 4 aromatic rings. The van der Waals surface area contributed by atoms with E-state index in [-0.39, 0.29) is 12.3 Å². The zero-order valence-electron chi connectivity index (χ0n) is 20.5. The fourth-order valence-corrected chi connectivity index (χ4v) is 4.27. The number of halogens is 1.